The molecule has 0 saturated carbocycles. The number of rotatable bonds is 7. The van der Waals surface area contributed by atoms with Gasteiger partial charge < -0.3 is 74.4 Å². The van der Waals surface area contributed by atoms with Crippen molar-refractivity contribution in [3.8, 4) is 34.3 Å². The standard InChI is InChI=1S/C28H32O16/c1-40-15-4-9(2-3-10(15)30)14-6-13(33)18-11(31)5-12(32)19(26(18)42-14)27-24(38)22(36)21(35)17(43-27)8-41-28-25(39)23(37)20(34)16(7-29)44-28/h2-6,16-17,20-25,27-32,34-39H,7-8H2,1H3/t16-,17-,20-,21-,22+,23+,24-,25-,27+,28-/m1/s1. The van der Waals surface area contributed by atoms with Crippen LogP contribution in [0.5, 0.6) is 23.0 Å². The number of phenols is 3. The molecule has 2 fully saturated rings. The lowest BCUT2D eigenvalue weighted by molar-refractivity contribution is -0.314. The van der Waals surface area contributed by atoms with E-state index in [9.17, 15) is 55.9 Å². The lowest BCUT2D eigenvalue weighted by Crippen LogP contribution is -2.60. The zero-order chi connectivity index (χ0) is 32.0. The number of methoxy groups -OCH3 is 1. The minimum absolute atomic E-state index is 0.0506. The Labute approximate surface area is 247 Å². The molecule has 10 N–H and O–H groups in total. The Morgan fingerprint density at radius 1 is 0.773 bits per heavy atom. The van der Waals surface area contributed by atoms with Crippen LogP contribution in [0.4, 0.5) is 0 Å². The van der Waals surface area contributed by atoms with Gasteiger partial charge in [-0.3, -0.25) is 4.79 Å². The summed E-state index contributed by atoms with van der Waals surface area (Å²) >= 11 is 0. The average Bonchev–Trinajstić information content (AvgIpc) is 2.99. The topological polar surface area (TPSA) is 269 Å². The molecule has 2 aromatic carbocycles. The van der Waals surface area contributed by atoms with Crippen molar-refractivity contribution in [2.75, 3.05) is 20.3 Å². The molecule has 0 radical (unpaired) electrons. The zero-order valence-corrected chi connectivity index (χ0v) is 23.0. The van der Waals surface area contributed by atoms with Crippen molar-refractivity contribution in [3.05, 3.63) is 46.1 Å². The molecule has 0 amide bonds. The quantitative estimate of drug-likeness (QED) is 0.135. The Kier molecular flexibility index (Phi) is 9.01. The first-order chi connectivity index (χ1) is 20.9. The molecule has 5 rings (SSSR count). The molecule has 2 saturated heterocycles. The van der Waals surface area contributed by atoms with Crippen molar-refractivity contribution in [2.24, 2.45) is 0 Å². The predicted molar refractivity (Wildman–Crippen MR) is 145 cm³/mol. The van der Waals surface area contributed by atoms with Crippen LogP contribution in [0.25, 0.3) is 22.3 Å². The van der Waals surface area contributed by atoms with Crippen LogP contribution in [0.3, 0.4) is 0 Å². The van der Waals surface area contributed by atoms with Crippen LogP contribution < -0.4 is 10.2 Å². The Hall–Kier alpha value is -3.55. The Bertz CT molecular complexity index is 1550. The third-order valence-electron chi connectivity index (χ3n) is 7.73. The van der Waals surface area contributed by atoms with Crippen LogP contribution in [0.15, 0.2) is 39.5 Å². The maximum Gasteiger partial charge on any atom is 0.197 e. The number of aromatic hydroxyl groups is 3. The predicted octanol–water partition coefficient (Wildman–Crippen LogP) is -2.08. The fraction of sp³-hybridized carbons (Fsp3) is 0.464. The number of fused-ring (bicyclic) bond motifs is 1. The van der Waals surface area contributed by atoms with E-state index in [1.807, 2.05) is 0 Å². The van der Waals surface area contributed by atoms with Crippen molar-refractivity contribution in [1.82, 2.24) is 0 Å². The summed E-state index contributed by atoms with van der Waals surface area (Å²) < 4.78 is 27.6. The van der Waals surface area contributed by atoms with E-state index in [0.717, 1.165) is 12.1 Å². The van der Waals surface area contributed by atoms with Crippen molar-refractivity contribution in [2.45, 2.75) is 61.2 Å². The van der Waals surface area contributed by atoms with Gasteiger partial charge in [0, 0.05) is 17.7 Å². The lowest BCUT2D eigenvalue weighted by atomic mass is 9.89. The van der Waals surface area contributed by atoms with Crippen LogP contribution in [0, 0.1) is 0 Å². The number of aliphatic hydroxyl groups is 7. The largest absolute Gasteiger partial charge is 0.507 e. The molecular formula is C28H32O16. The molecule has 44 heavy (non-hydrogen) atoms. The molecule has 3 aromatic rings. The summed E-state index contributed by atoms with van der Waals surface area (Å²) in [5.74, 6) is -1.62. The van der Waals surface area contributed by atoms with E-state index in [1.54, 1.807) is 0 Å². The normalized spacial score (nSPS) is 32.5. The molecule has 0 aliphatic carbocycles. The maximum atomic E-state index is 13.1. The summed E-state index contributed by atoms with van der Waals surface area (Å²) in [5, 5.41) is 103. The van der Waals surface area contributed by atoms with Gasteiger partial charge in [0.25, 0.3) is 0 Å². The van der Waals surface area contributed by atoms with Crippen molar-refractivity contribution in [3.63, 3.8) is 0 Å². The van der Waals surface area contributed by atoms with Gasteiger partial charge in [-0.1, -0.05) is 0 Å². The smallest absolute Gasteiger partial charge is 0.197 e. The van der Waals surface area contributed by atoms with Gasteiger partial charge in [-0.2, -0.15) is 0 Å². The van der Waals surface area contributed by atoms with E-state index in [-0.39, 0.29) is 28.4 Å². The van der Waals surface area contributed by atoms with Crippen LogP contribution in [-0.2, 0) is 14.2 Å². The second-order valence-corrected chi connectivity index (χ2v) is 10.5. The van der Waals surface area contributed by atoms with Crippen molar-refractivity contribution in [1.29, 1.82) is 0 Å². The minimum Gasteiger partial charge on any atom is -0.507 e. The highest BCUT2D eigenvalue weighted by atomic mass is 16.7. The Balaban J connectivity index is 1.52. The van der Waals surface area contributed by atoms with Gasteiger partial charge in [0.05, 0.1) is 25.9 Å². The number of benzene rings is 2. The molecular weight excluding hydrogens is 592 g/mol. The van der Waals surface area contributed by atoms with Crippen LogP contribution in [0.2, 0.25) is 0 Å². The Morgan fingerprint density at radius 2 is 1.45 bits per heavy atom. The molecule has 0 bridgehead atoms. The van der Waals surface area contributed by atoms with E-state index in [4.69, 9.17) is 23.4 Å². The lowest BCUT2D eigenvalue weighted by Gasteiger charge is -2.43. The molecule has 0 spiro atoms. The fourth-order valence-corrected chi connectivity index (χ4v) is 5.29. The highest BCUT2D eigenvalue weighted by molar-refractivity contribution is 5.89. The molecule has 1 aromatic heterocycles. The van der Waals surface area contributed by atoms with Gasteiger partial charge in [0.2, 0.25) is 0 Å². The van der Waals surface area contributed by atoms with Crippen LogP contribution in [-0.4, -0.2) is 127 Å². The summed E-state index contributed by atoms with van der Waals surface area (Å²) in [5.41, 5.74) is -1.32. The summed E-state index contributed by atoms with van der Waals surface area (Å²) in [7, 11) is 1.31. The molecule has 16 heteroatoms. The number of ether oxygens (including phenoxy) is 4. The minimum atomic E-state index is -1.92. The second kappa shape index (κ2) is 12.4. The van der Waals surface area contributed by atoms with Gasteiger partial charge in [-0.15, -0.1) is 0 Å². The van der Waals surface area contributed by atoms with Gasteiger partial charge in [-0.25, -0.2) is 0 Å². The monoisotopic (exact) mass is 624 g/mol. The van der Waals surface area contributed by atoms with E-state index in [0.29, 0.717) is 0 Å². The molecule has 2 aliphatic heterocycles. The fourth-order valence-electron chi connectivity index (χ4n) is 5.29. The third-order valence-corrected chi connectivity index (χ3v) is 7.73. The van der Waals surface area contributed by atoms with E-state index >= 15 is 0 Å². The van der Waals surface area contributed by atoms with E-state index in [1.165, 1.54) is 25.3 Å². The van der Waals surface area contributed by atoms with Crippen LogP contribution in [0.1, 0.15) is 11.7 Å². The summed E-state index contributed by atoms with van der Waals surface area (Å²) in [4.78, 5) is 13.1. The Morgan fingerprint density at radius 3 is 2.14 bits per heavy atom. The number of hydrogen-bond donors (Lipinski definition) is 10. The molecule has 10 atom stereocenters. The second-order valence-electron chi connectivity index (χ2n) is 10.5. The maximum absolute atomic E-state index is 13.1. The first-order valence-corrected chi connectivity index (χ1v) is 13.4. The van der Waals surface area contributed by atoms with Gasteiger partial charge in [-0.05, 0) is 18.2 Å². The SMILES string of the molecule is COc1cc(-c2cc(=O)c3c(O)cc(O)c([C@@H]4O[C@H](CO[C@@H]5O[C@H](CO)[C@@H](O)[C@H](O)[C@H]5O)[C@@H](O)[C@H](O)[C@H]4O)c3o2)ccc1O. The van der Waals surface area contributed by atoms with Crippen molar-refractivity contribution < 1.29 is 74.4 Å². The molecule has 240 valence electrons. The highest BCUT2D eigenvalue weighted by Gasteiger charge is 2.48. The van der Waals surface area contributed by atoms with Crippen LogP contribution >= 0.6 is 0 Å². The first-order valence-electron chi connectivity index (χ1n) is 13.4. The summed E-state index contributed by atoms with van der Waals surface area (Å²) in [6, 6.07) is 5.90. The summed E-state index contributed by atoms with van der Waals surface area (Å²) in [6.07, 6.45) is -16.9. The van der Waals surface area contributed by atoms with E-state index in [2.05, 4.69) is 0 Å². The average molecular weight is 625 g/mol. The first kappa shape index (κ1) is 31.9. The molecule has 16 nitrogen and oxygen atoms in total. The van der Waals surface area contributed by atoms with Gasteiger partial charge in [0.1, 0.15) is 77.6 Å². The zero-order valence-electron chi connectivity index (χ0n) is 23.0. The number of aliphatic hydroxyl groups excluding tert-OH is 7. The van der Waals surface area contributed by atoms with Gasteiger partial charge >= 0.3 is 0 Å². The number of phenolic OH excluding ortho intramolecular Hbond substituents is 3. The molecule has 2 aliphatic rings. The highest BCUT2D eigenvalue weighted by Crippen LogP contribution is 2.44. The van der Waals surface area contributed by atoms with E-state index < -0.39 is 102 Å². The third kappa shape index (κ3) is 5.56. The molecule has 0 unspecified atom stereocenters. The van der Waals surface area contributed by atoms with Crippen molar-refractivity contribution >= 4 is 11.0 Å². The van der Waals surface area contributed by atoms with Gasteiger partial charge in [0.15, 0.2) is 28.8 Å². The molecule has 3 heterocycles. The number of hydrogen-bond acceptors (Lipinski definition) is 16. The summed E-state index contributed by atoms with van der Waals surface area (Å²) in [6.45, 7) is -1.37.